The minimum atomic E-state index is -0.0731. The molecule has 12 aromatic heterocycles. The lowest BCUT2D eigenvalue weighted by Gasteiger charge is -2.11. The first-order valence-electron chi connectivity index (χ1n) is 46.6. The summed E-state index contributed by atoms with van der Waals surface area (Å²) >= 11 is 5.95. The van der Waals surface area contributed by atoms with E-state index in [1.165, 1.54) is 18.1 Å². The molecule has 12 heterocycles. The van der Waals surface area contributed by atoms with E-state index in [2.05, 4.69) is 146 Å². The second-order valence-electron chi connectivity index (χ2n) is 35.4. The van der Waals surface area contributed by atoms with Crippen molar-refractivity contribution < 1.29 is 15.0 Å². The number of amides is 1. The summed E-state index contributed by atoms with van der Waals surface area (Å²) in [6.07, 6.45) is 12.2. The zero-order valence-electron chi connectivity index (χ0n) is 80.4. The van der Waals surface area contributed by atoms with Crippen molar-refractivity contribution in [1.29, 1.82) is 0 Å². The van der Waals surface area contributed by atoms with E-state index in [0.29, 0.717) is 100 Å². The van der Waals surface area contributed by atoms with Crippen molar-refractivity contribution in [1.82, 2.24) is 87.2 Å². The monoisotopic (exact) mass is 1940 g/mol. The van der Waals surface area contributed by atoms with Crippen molar-refractivity contribution in [3.63, 3.8) is 0 Å². The van der Waals surface area contributed by atoms with Crippen molar-refractivity contribution in [3.8, 4) is 5.69 Å². The molecule has 32 nitrogen and oxygen atoms in total. The summed E-state index contributed by atoms with van der Waals surface area (Å²) in [7, 11) is 0. The van der Waals surface area contributed by atoms with Gasteiger partial charge >= 0.3 is 0 Å². The van der Waals surface area contributed by atoms with Gasteiger partial charge in [0.05, 0.1) is 90.7 Å². The van der Waals surface area contributed by atoms with Gasteiger partial charge in [0.15, 0.2) is 5.69 Å². The Hall–Kier alpha value is -18.7. The van der Waals surface area contributed by atoms with Crippen LogP contribution in [0.15, 0.2) is 280 Å². The van der Waals surface area contributed by atoms with Crippen LogP contribution in [0.5, 0.6) is 0 Å². The number of halogens is 1. The van der Waals surface area contributed by atoms with Crippen LogP contribution in [0.3, 0.4) is 0 Å². The fourth-order valence-corrected chi connectivity index (χ4v) is 19.0. The number of hydrogen-bond acceptors (Lipinski definition) is 24. The number of hydrogen-bond donors (Lipinski definition) is 12. The van der Waals surface area contributed by atoms with Gasteiger partial charge in [-0.3, -0.25) is 4.79 Å². The molecule has 720 valence electrons. The molecule has 0 atom stereocenters. The minimum absolute atomic E-state index is 0.0161. The van der Waals surface area contributed by atoms with Gasteiger partial charge in [0.2, 0.25) is 5.91 Å². The molecule has 33 heteroatoms. The summed E-state index contributed by atoms with van der Waals surface area (Å²) in [5.41, 5.74) is 77.7. The SMILES string of the molecule is CC(=O)Nc1ccc(Cn2ccc3c4c(N)nc(C)nc4ccc32)cc1.Cc1nc(N)c2c(ccc3c2ccn3Cc2cc(N)ccc2CO)n1.Cc1nc(N)c2c(ccc3c2ccn3Cc2ccc(Cl)cc2)n1.Cc1nc(N)c2c(ccc3c2ccn3Cc2ccc(N)cc2)n1.Cc1nc(N)c2c(ccc3c2ccn3Cc2ccc(N)cc2CO)n1.[C-]#[N+]c1ccc(-n2ccc3c4c(N)nc(C)nc4ccc32)cc1. The van der Waals surface area contributed by atoms with Crippen molar-refractivity contribution in [2.45, 2.75) is 94.4 Å². The zero-order chi connectivity index (χ0) is 101. The number of carbonyl (C=O) groups is 1. The van der Waals surface area contributed by atoms with Gasteiger partial charge in [0, 0.05) is 170 Å². The molecule has 0 aliphatic rings. The Kier molecular flexibility index (Phi) is 26.4. The molecule has 24 aromatic rings. The van der Waals surface area contributed by atoms with E-state index in [9.17, 15) is 15.0 Å². The van der Waals surface area contributed by atoms with E-state index in [1.54, 1.807) is 6.07 Å². The fraction of sp³-hybridized carbons (Fsp3) is 0.125. The maximum absolute atomic E-state index is 11.1. The highest BCUT2D eigenvalue weighted by Gasteiger charge is 2.21. The molecule has 0 bridgehead atoms. The third kappa shape index (κ3) is 19.9. The number of aliphatic hydroxyl groups is 2. The predicted octanol–water partition coefficient (Wildman–Crippen LogP) is 20.0. The van der Waals surface area contributed by atoms with Crippen LogP contribution < -0.4 is 56.9 Å². The highest BCUT2D eigenvalue weighted by molar-refractivity contribution is 6.30. The van der Waals surface area contributed by atoms with E-state index >= 15 is 0 Å². The number of fused-ring (bicyclic) bond motifs is 18. The molecule has 12 aromatic carbocycles. The Morgan fingerprint density at radius 3 is 0.924 bits per heavy atom. The number of aliphatic hydroxyl groups excluding tert-OH is 2. The molecule has 0 unspecified atom stereocenters. The quantitative estimate of drug-likeness (QED) is 0.0355. The Labute approximate surface area is 836 Å². The largest absolute Gasteiger partial charge is 0.399 e. The van der Waals surface area contributed by atoms with Crippen LogP contribution in [0, 0.1) is 48.1 Å². The first-order valence-corrected chi connectivity index (χ1v) is 46.9. The molecule has 145 heavy (non-hydrogen) atoms. The summed E-state index contributed by atoms with van der Waals surface area (Å²) in [5.74, 6) is 7.04. The third-order valence-electron chi connectivity index (χ3n) is 25.4. The molecule has 0 spiro atoms. The molecule has 21 N–H and O–H groups in total. The lowest BCUT2D eigenvalue weighted by atomic mass is 10.1. The summed E-state index contributed by atoms with van der Waals surface area (Å²) in [4.78, 5) is 67.1. The van der Waals surface area contributed by atoms with Gasteiger partial charge in [-0.25, -0.2) is 64.7 Å². The first-order chi connectivity index (χ1) is 70.0. The van der Waals surface area contributed by atoms with E-state index in [4.69, 9.17) is 69.8 Å². The molecule has 0 aliphatic heterocycles. The van der Waals surface area contributed by atoms with Crippen LogP contribution in [0.25, 0.3) is 141 Å². The topological polar surface area (TPSA) is 492 Å². The van der Waals surface area contributed by atoms with Gasteiger partial charge < -0.3 is 94.5 Å². The third-order valence-corrected chi connectivity index (χ3v) is 25.6. The predicted molar refractivity (Wildman–Crippen MR) is 585 cm³/mol. The van der Waals surface area contributed by atoms with Crippen LogP contribution in [0.4, 0.5) is 63.3 Å². The highest BCUT2D eigenvalue weighted by atomic mass is 35.5. The number of nitrogen functional groups attached to an aromatic ring is 9. The molecule has 1 amide bonds. The Balaban J connectivity index is 0.000000110. The van der Waals surface area contributed by atoms with Gasteiger partial charge in [0.25, 0.3) is 0 Å². The average molecular weight is 1940 g/mol. The normalized spacial score (nSPS) is 11.3. The van der Waals surface area contributed by atoms with Gasteiger partial charge in [-0.05, 0) is 262 Å². The van der Waals surface area contributed by atoms with Crippen molar-refractivity contribution >= 4 is 212 Å². The maximum atomic E-state index is 11.1. The summed E-state index contributed by atoms with van der Waals surface area (Å²) in [6, 6.07) is 78.9. The number of nitrogens with two attached hydrogens (primary N) is 9. The number of rotatable bonds is 14. The van der Waals surface area contributed by atoms with E-state index in [1.807, 2.05) is 267 Å². The number of aryl methyl sites for hydroxylation is 6. The van der Waals surface area contributed by atoms with Crippen LogP contribution in [-0.4, -0.2) is 103 Å². The lowest BCUT2D eigenvalue weighted by Crippen LogP contribution is -2.05. The first kappa shape index (κ1) is 95.2. The van der Waals surface area contributed by atoms with E-state index in [0.717, 1.165) is 200 Å². The van der Waals surface area contributed by atoms with E-state index < -0.39 is 0 Å². The zero-order valence-corrected chi connectivity index (χ0v) is 81.1. The smallest absolute Gasteiger partial charge is 0.221 e. The molecule has 0 radical (unpaired) electrons. The molecule has 0 saturated heterocycles. The number of benzene rings is 12. The Morgan fingerprint density at radius 1 is 0.310 bits per heavy atom. The second-order valence-corrected chi connectivity index (χ2v) is 35.9. The Bertz CT molecular complexity index is 9010. The minimum Gasteiger partial charge on any atom is -0.399 e. The molecule has 0 aliphatic carbocycles. The van der Waals surface area contributed by atoms with Crippen molar-refractivity contribution in [2.24, 2.45) is 0 Å². The summed E-state index contributed by atoms with van der Waals surface area (Å²) in [5, 5.41) is 34.3. The molecular weight excluding hydrogens is 1830 g/mol. The number of anilines is 10. The van der Waals surface area contributed by atoms with Crippen molar-refractivity contribution in [2.75, 3.05) is 56.9 Å². The van der Waals surface area contributed by atoms with Crippen LogP contribution in [0.2, 0.25) is 5.02 Å². The summed E-state index contributed by atoms with van der Waals surface area (Å²) < 4.78 is 12.9. The van der Waals surface area contributed by atoms with Crippen LogP contribution in [-0.2, 0) is 50.7 Å². The van der Waals surface area contributed by atoms with Gasteiger partial charge in [-0.15, -0.1) is 0 Å². The number of carbonyl (C=O) groups excluding carboxylic acids is 1. The van der Waals surface area contributed by atoms with E-state index in [-0.39, 0.29) is 19.1 Å². The number of nitrogens with one attached hydrogen (secondary N) is 1. The molecular formula is C112H102ClN29O3. The highest BCUT2D eigenvalue weighted by Crippen LogP contribution is 2.38. The second kappa shape index (κ2) is 40.2. The standard InChI is InChI=1S/C20H19N5O.2C19H19N5O.C18H15ClN4.C18H13N5.C18H17N5/c1-12-22-17-7-8-18-16(19(17)20(21)23-12)9-10-25(18)11-14-3-5-15(6-4-14)24-13(2)26;1-11-22-16-4-5-17-15(18(16)19(21)23-11)6-7-24(17)9-13-8-14(20)3-2-12(13)10-25;1-11-22-16-4-5-17-15(18(16)19(21)23-11)6-7-24(17)9-12-2-3-14(20)8-13(12)10-25;1-11-21-15-6-7-16-14(17(15)18(20)22-11)8-9-23(16)10-12-2-4-13(19)5-3-12;1-11-21-15-7-8-16-14(17(15)18(19)22-11)9-10-23(16)13-5-3-12(20-2)4-6-13;1-11-21-15-6-7-16-14(17(15)18(20)22-11)8-9-23(16)10-12-2-4-13(19)5-3-12/h3-10H,11H2,1-2H3,(H,24,26)(H2,21,22,23);2*2-8,25H,9-10,20H2,1H3,(H2,21,22,23);2-9H,10H2,1H3,(H2,20,21,22);3-10H,1H3,(H2,19,21,22);2-9H,10,19H2,1H3,(H2,20,21,22). The van der Waals surface area contributed by atoms with Crippen LogP contribution in [0.1, 0.15) is 80.8 Å². The molecule has 0 fully saturated rings. The van der Waals surface area contributed by atoms with Gasteiger partial charge in [-0.1, -0.05) is 72.3 Å². The van der Waals surface area contributed by atoms with Crippen molar-refractivity contribution in [3.05, 3.63) is 370 Å². The molecule has 24 rings (SSSR count). The maximum Gasteiger partial charge on any atom is 0.221 e. The number of nitrogens with zero attached hydrogens (tertiary/aromatic N) is 19. The Morgan fingerprint density at radius 2 is 0.593 bits per heavy atom. The fourth-order valence-electron chi connectivity index (χ4n) is 18.8. The van der Waals surface area contributed by atoms with Gasteiger partial charge in [-0.2, -0.15) is 0 Å². The summed E-state index contributed by atoms with van der Waals surface area (Å²) in [6.45, 7) is 23.1. The van der Waals surface area contributed by atoms with Crippen LogP contribution >= 0.6 is 11.6 Å². The molecule has 0 saturated carbocycles. The number of aromatic nitrogens is 18. The van der Waals surface area contributed by atoms with Gasteiger partial charge in [0.1, 0.15) is 69.9 Å². The average Bonchev–Trinajstić information content (AvgIpc) is 0.964. The lowest BCUT2D eigenvalue weighted by molar-refractivity contribution is -0.114.